The molecule has 0 spiro atoms. The van der Waals surface area contributed by atoms with E-state index < -0.39 is 0 Å². The van der Waals surface area contributed by atoms with Crippen molar-refractivity contribution in [3.63, 3.8) is 0 Å². The fourth-order valence-corrected chi connectivity index (χ4v) is 1.01. The van der Waals surface area contributed by atoms with Crippen LogP contribution in [0, 0.1) is 5.92 Å². The molecule has 1 fully saturated rings. The monoisotopic (exact) mass is 199 g/mol. The van der Waals surface area contributed by atoms with Crippen molar-refractivity contribution in [2.45, 2.75) is 25.8 Å². The van der Waals surface area contributed by atoms with E-state index >= 15 is 0 Å². The van der Waals surface area contributed by atoms with Crippen LogP contribution in [0.4, 0.5) is 0 Å². The Morgan fingerprint density at radius 3 is 2.64 bits per heavy atom. The van der Waals surface area contributed by atoms with E-state index in [2.05, 4.69) is 10.6 Å². The van der Waals surface area contributed by atoms with Gasteiger partial charge in [0.2, 0.25) is 11.8 Å². The van der Waals surface area contributed by atoms with E-state index in [0.717, 1.165) is 12.8 Å². The second-order valence-corrected chi connectivity index (χ2v) is 3.78. The Labute approximate surface area is 83.4 Å². The van der Waals surface area contributed by atoms with Crippen molar-refractivity contribution in [3.05, 3.63) is 0 Å². The van der Waals surface area contributed by atoms with E-state index in [0.29, 0.717) is 12.6 Å². The van der Waals surface area contributed by atoms with Crippen molar-refractivity contribution in [1.29, 1.82) is 0 Å². The highest BCUT2D eigenvalue weighted by Crippen LogP contribution is 2.18. The molecule has 1 rings (SSSR count). The standard InChI is InChI=1S/C9H17N3O2/c1-6(9(10)14)4-11-5-8(13)12-7-2-3-7/h6-7,11H,2-5H2,1H3,(H2,10,14)(H,12,13). The summed E-state index contributed by atoms with van der Waals surface area (Å²) in [4.78, 5) is 21.8. The molecule has 5 nitrogen and oxygen atoms in total. The Hall–Kier alpha value is -1.10. The molecule has 1 aliphatic carbocycles. The van der Waals surface area contributed by atoms with Crippen molar-refractivity contribution in [2.24, 2.45) is 11.7 Å². The molecular formula is C9H17N3O2. The van der Waals surface area contributed by atoms with E-state index in [1.807, 2.05) is 0 Å². The maximum Gasteiger partial charge on any atom is 0.234 e. The lowest BCUT2D eigenvalue weighted by molar-refractivity contribution is -0.122. The highest BCUT2D eigenvalue weighted by atomic mass is 16.2. The summed E-state index contributed by atoms with van der Waals surface area (Å²) in [5, 5.41) is 5.73. The first-order chi connectivity index (χ1) is 6.59. The average molecular weight is 199 g/mol. The number of amides is 2. The molecule has 0 aromatic carbocycles. The summed E-state index contributed by atoms with van der Waals surface area (Å²) >= 11 is 0. The van der Waals surface area contributed by atoms with Gasteiger partial charge in [-0.05, 0) is 12.8 Å². The Morgan fingerprint density at radius 2 is 2.14 bits per heavy atom. The van der Waals surface area contributed by atoms with Gasteiger partial charge in [-0.3, -0.25) is 9.59 Å². The summed E-state index contributed by atoms with van der Waals surface area (Å²) in [5.41, 5.74) is 5.06. The molecule has 0 aromatic heterocycles. The second kappa shape index (κ2) is 4.95. The van der Waals surface area contributed by atoms with Crippen molar-refractivity contribution in [1.82, 2.24) is 10.6 Å². The molecular weight excluding hydrogens is 182 g/mol. The van der Waals surface area contributed by atoms with Gasteiger partial charge in [0.05, 0.1) is 6.54 Å². The van der Waals surface area contributed by atoms with Crippen LogP contribution in [0.15, 0.2) is 0 Å². The molecule has 1 unspecified atom stereocenters. The molecule has 0 heterocycles. The lowest BCUT2D eigenvalue weighted by atomic mass is 10.2. The van der Waals surface area contributed by atoms with Crippen LogP contribution in [0.5, 0.6) is 0 Å². The second-order valence-electron chi connectivity index (χ2n) is 3.78. The highest BCUT2D eigenvalue weighted by Gasteiger charge is 2.22. The summed E-state index contributed by atoms with van der Waals surface area (Å²) in [6, 6.07) is 0.387. The molecule has 1 aliphatic rings. The van der Waals surface area contributed by atoms with E-state index in [4.69, 9.17) is 5.73 Å². The van der Waals surface area contributed by atoms with E-state index in [1.54, 1.807) is 6.92 Å². The Morgan fingerprint density at radius 1 is 1.50 bits per heavy atom. The van der Waals surface area contributed by atoms with Crippen LogP contribution in [-0.2, 0) is 9.59 Å². The third-order valence-corrected chi connectivity index (χ3v) is 2.16. The normalized spacial score (nSPS) is 17.5. The van der Waals surface area contributed by atoms with Crippen LogP contribution in [0.1, 0.15) is 19.8 Å². The zero-order valence-corrected chi connectivity index (χ0v) is 8.38. The lowest BCUT2D eigenvalue weighted by Gasteiger charge is -2.08. The number of rotatable bonds is 6. The molecule has 5 heteroatoms. The fourth-order valence-electron chi connectivity index (χ4n) is 1.01. The van der Waals surface area contributed by atoms with E-state index in [-0.39, 0.29) is 24.3 Å². The number of carbonyl (C=O) groups is 2. The van der Waals surface area contributed by atoms with Crippen molar-refractivity contribution in [2.75, 3.05) is 13.1 Å². The van der Waals surface area contributed by atoms with Crippen LogP contribution < -0.4 is 16.4 Å². The topological polar surface area (TPSA) is 84.2 Å². The molecule has 0 aromatic rings. The third kappa shape index (κ3) is 4.23. The van der Waals surface area contributed by atoms with Gasteiger partial charge in [0.1, 0.15) is 0 Å². The van der Waals surface area contributed by atoms with Gasteiger partial charge in [0.15, 0.2) is 0 Å². The first-order valence-electron chi connectivity index (χ1n) is 4.89. The molecule has 0 radical (unpaired) electrons. The summed E-state index contributed by atoms with van der Waals surface area (Å²) in [6.07, 6.45) is 2.17. The SMILES string of the molecule is CC(CNCC(=O)NC1CC1)C(N)=O. The first kappa shape index (κ1) is 11.0. The maximum atomic E-state index is 11.2. The van der Waals surface area contributed by atoms with Gasteiger partial charge in [-0.15, -0.1) is 0 Å². The largest absolute Gasteiger partial charge is 0.369 e. The van der Waals surface area contributed by atoms with Gasteiger partial charge in [-0.1, -0.05) is 6.92 Å². The summed E-state index contributed by atoms with van der Waals surface area (Å²) in [7, 11) is 0. The van der Waals surface area contributed by atoms with E-state index in [1.165, 1.54) is 0 Å². The molecule has 1 saturated carbocycles. The molecule has 2 amide bonds. The van der Waals surface area contributed by atoms with Gasteiger partial charge in [0.25, 0.3) is 0 Å². The van der Waals surface area contributed by atoms with Crippen molar-refractivity contribution < 1.29 is 9.59 Å². The molecule has 80 valence electrons. The van der Waals surface area contributed by atoms with Crippen LogP contribution in [-0.4, -0.2) is 30.9 Å². The molecule has 14 heavy (non-hydrogen) atoms. The Kier molecular flexibility index (Phi) is 3.88. The van der Waals surface area contributed by atoms with Crippen LogP contribution in [0.3, 0.4) is 0 Å². The summed E-state index contributed by atoms with van der Waals surface area (Å²) in [6.45, 7) is 2.44. The minimum Gasteiger partial charge on any atom is -0.369 e. The first-order valence-corrected chi connectivity index (χ1v) is 4.89. The predicted molar refractivity (Wildman–Crippen MR) is 52.4 cm³/mol. The van der Waals surface area contributed by atoms with Gasteiger partial charge in [-0.2, -0.15) is 0 Å². The van der Waals surface area contributed by atoms with Gasteiger partial charge < -0.3 is 16.4 Å². The number of hydrogen-bond donors (Lipinski definition) is 3. The van der Waals surface area contributed by atoms with Crippen LogP contribution in [0.2, 0.25) is 0 Å². The van der Waals surface area contributed by atoms with Crippen LogP contribution >= 0.6 is 0 Å². The lowest BCUT2D eigenvalue weighted by Crippen LogP contribution is -2.38. The van der Waals surface area contributed by atoms with Gasteiger partial charge in [-0.25, -0.2) is 0 Å². The summed E-state index contributed by atoms with van der Waals surface area (Å²) < 4.78 is 0. The smallest absolute Gasteiger partial charge is 0.234 e. The quantitative estimate of drug-likeness (QED) is 0.511. The number of nitrogens with one attached hydrogen (secondary N) is 2. The minimum atomic E-state index is -0.347. The van der Waals surface area contributed by atoms with Crippen molar-refractivity contribution in [3.8, 4) is 0 Å². The summed E-state index contributed by atoms with van der Waals surface area (Å²) in [5.74, 6) is -0.590. The highest BCUT2D eigenvalue weighted by molar-refractivity contribution is 5.79. The zero-order valence-electron chi connectivity index (χ0n) is 8.38. The number of carbonyl (C=O) groups excluding carboxylic acids is 2. The molecule has 4 N–H and O–H groups in total. The predicted octanol–water partition coefficient (Wildman–Crippen LogP) is -1.02. The van der Waals surface area contributed by atoms with Crippen molar-refractivity contribution >= 4 is 11.8 Å². The van der Waals surface area contributed by atoms with Crippen LogP contribution in [0.25, 0.3) is 0 Å². The minimum absolute atomic E-state index is 0.0100. The molecule has 1 atom stereocenters. The fraction of sp³-hybridized carbons (Fsp3) is 0.778. The molecule has 0 saturated heterocycles. The van der Waals surface area contributed by atoms with E-state index in [9.17, 15) is 9.59 Å². The maximum absolute atomic E-state index is 11.2. The third-order valence-electron chi connectivity index (χ3n) is 2.16. The Bertz CT molecular complexity index is 226. The van der Waals surface area contributed by atoms with Gasteiger partial charge in [0, 0.05) is 18.5 Å². The number of primary amides is 1. The average Bonchev–Trinajstić information content (AvgIpc) is 2.87. The number of nitrogens with two attached hydrogens (primary N) is 1. The molecule has 0 bridgehead atoms. The Balaban J connectivity index is 2.01. The molecule has 0 aliphatic heterocycles. The number of hydrogen-bond acceptors (Lipinski definition) is 3. The van der Waals surface area contributed by atoms with Gasteiger partial charge >= 0.3 is 0 Å². The zero-order chi connectivity index (χ0) is 10.6.